The van der Waals surface area contributed by atoms with Gasteiger partial charge in [0.1, 0.15) is 30.0 Å². The number of nitrogen functional groups attached to an aromatic ring is 1. The van der Waals surface area contributed by atoms with E-state index in [2.05, 4.69) is 30.8 Å². The Morgan fingerprint density at radius 3 is 3.08 bits per heavy atom. The number of ether oxygens (including phenoxy) is 1. The lowest BCUT2D eigenvalue weighted by Gasteiger charge is -2.23. The highest BCUT2D eigenvalue weighted by Crippen LogP contribution is 2.42. The topological polar surface area (TPSA) is 141 Å². The van der Waals surface area contributed by atoms with Crippen LogP contribution in [0.25, 0.3) is 11.2 Å². The van der Waals surface area contributed by atoms with E-state index in [1.165, 1.54) is 10.9 Å². The fourth-order valence-electron chi connectivity index (χ4n) is 2.59. The number of fused-ring (bicyclic) bond motifs is 1. The Morgan fingerprint density at radius 2 is 2.40 bits per heavy atom. The van der Waals surface area contributed by atoms with Gasteiger partial charge in [0.15, 0.2) is 16.8 Å². The van der Waals surface area contributed by atoms with Gasteiger partial charge in [-0.15, -0.1) is 0 Å². The maximum atomic E-state index is 15.4. The zero-order valence-corrected chi connectivity index (χ0v) is 13.8. The van der Waals surface area contributed by atoms with Crippen LogP contribution >= 0.6 is 23.8 Å². The molecule has 134 valence electrons. The highest BCUT2D eigenvalue weighted by atomic mass is 35.5. The number of anilines is 1. The minimum atomic E-state index is -2.62. The van der Waals surface area contributed by atoms with Crippen LogP contribution in [0.4, 0.5) is 10.3 Å². The predicted molar refractivity (Wildman–Crippen MR) is 84.2 cm³/mol. The average Bonchev–Trinajstić information content (AvgIpc) is 3.07. The number of H-pyrrole nitrogens is 1. The van der Waals surface area contributed by atoms with Crippen molar-refractivity contribution in [3.05, 3.63) is 11.0 Å². The largest absolute Gasteiger partial charge is 0.386 e. The van der Waals surface area contributed by atoms with Gasteiger partial charge in [0, 0.05) is 5.38 Å². The molecule has 0 spiro atoms. The number of hydrogen-bond acceptors (Lipinski definition) is 9. The number of nitrogens with one attached hydrogen (secondary N) is 1. The van der Waals surface area contributed by atoms with Crippen LogP contribution in [0, 0.1) is 15.9 Å². The van der Waals surface area contributed by atoms with Crippen molar-refractivity contribution >= 4 is 40.9 Å². The second-order valence-corrected chi connectivity index (χ2v) is 5.67. The first-order chi connectivity index (χ1) is 11.9. The highest BCUT2D eigenvalue weighted by molar-refractivity contribution is 7.71. The van der Waals surface area contributed by atoms with E-state index in [0.29, 0.717) is 0 Å². The Balaban J connectivity index is 2.10. The maximum absolute atomic E-state index is 15.4. The van der Waals surface area contributed by atoms with Gasteiger partial charge in [-0.05, 0) is 17.5 Å². The van der Waals surface area contributed by atoms with Crippen molar-refractivity contribution in [2.24, 2.45) is 0 Å². The normalized spacial score (nSPS) is 28.9. The molecule has 0 aromatic carbocycles. The van der Waals surface area contributed by atoms with Crippen molar-refractivity contribution in [3.63, 3.8) is 0 Å². The van der Waals surface area contributed by atoms with Crippen LogP contribution in [0.1, 0.15) is 6.23 Å². The third kappa shape index (κ3) is 2.96. The number of nitrogens with two attached hydrogens (primary N) is 1. The predicted octanol–water partition coefficient (Wildman–Crippen LogP) is 0.659. The average molecular weight is 392 g/mol. The van der Waals surface area contributed by atoms with E-state index in [0.717, 1.165) is 0 Å². The minimum Gasteiger partial charge on any atom is -0.386 e. The van der Waals surface area contributed by atoms with E-state index in [9.17, 15) is 5.11 Å². The molecular weight excluding hydrogens is 381 g/mol. The molecule has 10 nitrogen and oxygen atoms in total. The number of nitrogens with zero attached hydrogens (tertiary/aromatic N) is 3. The highest BCUT2D eigenvalue weighted by Gasteiger charge is 2.58. The van der Waals surface area contributed by atoms with E-state index in [4.69, 9.17) is 39.5 Å². The second kappa shape index (κ2) is 6.81. The van der Waals surface area contributed by atoms with Gasteiger partial charge >= 0.3 is 0 Å². The number of alkyl halides is 1. The first kappa shape index (κ1) is 18.0. The minimum absolute atomic E-state index is 0.0146. The Kier molecular flexibility index (Phi) is 4.89. The SMILES string of the molecule is Nc1nc(=S)c2ncn([C@@H]3O[C@H](COOO)C(O)C3(F)C#CCl)c2[nH]1. The lowest BCUT2D eigenvalue weighted by atomic mass is 9.97. The molecule has 0 radical (unpaired) electrons. The molecule has 3 heterocycles. The molecule has 3 rings (SSSR count). The van der Waals surface area contributed by atoms with E-state index in [-0.39, 0.29) is 21.8 Å². The number of aromatic nitrogens is 4. The molecule has 2 aromatic heterocycles. The van der Waals surface area contributed by atoms with Gasteiger partial charge < -0.3 is 20.6 Å². The van der Waals surface area contributed by atoms with Crippen molar-refractivity contribution in [2.75, 3.05) is 12.3 Å². The molecule has 0 bridgehead atoms. The second-order valence-electron chi connectivity index (χ2n) is 5.09. The van der Waals surface area contributed by atoms with Crippen LogP contribution in [-0.2, 0) is 14.7 Å². The molecule has 25 heavy (non-hydrogen) atoms. The Labute approximate surface area is 149 Å². The maximum Gasteiger partial charge on any atom is 0.244 e. The number of hydrogen-bond donors (Lipinski definition) is 4. The first-order valence-corrected chi connectivity index (χ1v) is 7.51. The van der Waals surface area contributed by atoms with Gasteiger partial charge in [0.25, 0.3) is 0 Å². The number of aromatic amines is 1. The summed E-state index contributed by atoms with van der Waals surface area (Å²) in [5, 5.41) is 23.9. The third-order valence-electron chi connectivity index (χ3n) is 3.69. The Hall–Kier alpha value is -1.85. The van der Waals surface area contributed by atoms with Gasteiger partial charge in [-0.2, -0.15) is 0 Å². The number of aliphatic hydroxyl groups is 1. The van der Waals surface area contributed by atoms with Crippen molar-refractivity contribution in [1.29, 1.82) is 0 Å². The summed E-state index contributed by atoms with van der Waals surface area (Å²) in [4.78, 5) is 14.9. The molecule has 1 fully saturated rings. The van der Waals surface area contributed by atoms with Crippen LogP contribution < -0.4 is 5.73 Å². The van der Waals surface area contributed by atoms with Gasteiger partial charge in [-0.25, -0.2) is 24.5 Å². The van der Waals surface area contributed by atoms with Crippen LogP contribution in [0.15, 0.2) is 6.33 Å². The van der Waals surface area contributed by atoms with Crippen LogP contribution in [0.3, 0.4) is 0 Å². The smallest absolute Gasteiger partial charge is 0.244 e. The lowest BCUT2D eigenvalue weighted by molar-refractivity contribution is -0.495. The molecule has 0 amide bonds. The van der Waals surface area contributed by atoms with Crippen molar-refractivity contribution < 1.29 is 29.4 Å². The van der Waals surface area contributed by atoms with Crippen molar-refractivity contribution in [2.45, 2.75) is 24.1 Å². The molecule has 2 unspecified atom stereocenters. The molecule has 2 aromatic rings. The van der Waals surface area contributed by atoms with E-state index in [1.807, 2.05) is 5.38 Å². The molecular formula is C12H11ClFN5O5S. The van der Waals surface area contributed by atoms with Crippen LogP contribution in [-0.4, -0.2) is 54.4 Å². The molecule has 1 aliphatic heterocycles. The number of rotatable bonds is 4. The molecule has 5 N–H and O–H groups in total. The zero-order valence-electron chi connectivity index (χ0n) is 12.2. The van der Waals surface area contributed by atoms with Crippen molar-refractivity contribution in [1.82, 2.24) is 19.5 Å². The quantitative estimate of drug-likeness (QED) is 0.256. The van der Waals surface area contributed by atoms with Crippen LogP contribution in [0.5, 0.6) is 0 Å². The number of imidazole rings is 1. The van der Waals surface area contributed by atoms with E-state index < -0.39 is 30.7 Å². The lowest BCUT2D eigenvalue weighted by Crippen LogP contribution is -2.42. The standard InChI is InChI=1S/C12H11ClFN5O5S/c13-2-1-12(14)7(20)5(3-22-24-21)23-10(12)19-4-16-6-8(19)17-11(15)18-9(6)25/h4-5,7,10,20-21H,3H2,(H3,15,17,18,25)/t5-,7?,10-,12?/m1/s1. The summed E-state index contributed by atoms with van der Waals surface area (Å²) >= 11 is 10.4. The summed E-state index contributed by atoms with van der Waals surface area (Å²) in [6.07, 6.45) is -3.23. The summed E-state index contributed by atoms with van der Waals surface area (Å²) in [7, 11) is 0. The molecule has 13 heteroatoms. The fraction of sp³-hybridized carbons (Fsp3) is 0.417. The molecule has 4 atom stereocenters. The Bertz CT molecular complexity index is 913. The summed E-state index contributed by atoms with van der Waals surface area (Å²) in [6, 6.07) is 0. The van der Waals surface area contributed by atoms with Crippen molar-refractivity contribution in [3.8, 4) is 11.3 Å². The fourth-order valence-corrected chi connectivity index (χ4v) is 2.98. The van der Waals surface area contributed by atoms with Gasteiger partial charge in [0.2, 0.25) is 5.67 Å². The molecule has 1 saturated heterocycles. The first-order valence-electron chi connectivity index (χ1n) is 6.73. The van der Waals surface area contributed by atoms with E-state index in [1.54, 1.807) is 0 Å². The number of aliphatic hydroxyl groups excluding tert-OH is 1. The molecule has 0 saturated carbocycles. The van der Waals surface area contributed by atoms with Gasteiger partial charge in [-0.3, -0.25) is 4.57 Å². The molecule has 1 aliphatic rings. The summed E-state index contributed by atoms with van der Waals surface area (Å²) in [6.45, 7) is -0.476. The summed E-state index contributed by atoms with van der Waals surface area (Å²) < 4.78 is 22.2. The van der Waals surface area contributed by atoms with E-state index >= 15 is 4.39 Å². The Morgan fingerprint density at radius 1 is 1.64 bits per heavy atom. The van der Waals surface area contributed by atoms with Crippen LogP contribution in [0.2, 0.25) is 0 Å². The third-order valence-corrected chi connectivity index (χ3v) is 4.07. The van der Waals surface area contributed by atoms with Gasteiger partial charge in [0.05, 0.1) is 6.33 Å². The molecule has 0 aliphatic carbocycles. The zero-order chi connectivity index (χ0) is 18.2. The van der Waals surface area contributed by atoms with Gasteiger partial charge in [-0.1, -0.05) is 17.3 Å². The summed E-state index contributed by atoms with van der Waals surface area (Å²) in [5.41, 5.74) is 3.48. The monoisotopic (exact) mass is 391 g/mol. The summed E-state index contributed by atoms with van der Waals surface area (Å²) in [5.74, 6) is 2.07. The number of halogens is 2.